The van der Waals surface area contributed by atoms with Crippen LogP contribution < -0.4 is 5.32 Å². The van der Waals surface area contributed by atoms with Crippen molar-refractivity contribution in [2.45, 2.75) is 26.2 Å². The Morgan fingerprint density at radius 3 is 2.67 bits per heavy atom. The molecule has 3 heteroatoms. The van der Waals surface area contributed by atoms with Gasteiger partial charge in [0.05, 0.1) is 0 Å². The summed E-state index contributed by atoms with van der Waals surface area (Å²) in [5.74, 6) is 0. The molecule has 0 saturated carbocycles. The molecule has 0 amide bonds. The number of ether oxygens (including phenoxy) is 1. The topological polar surface area (TPSA) is 24.5 Å². The predicted octanol–water partition coefficient (Wildman–Crippen LogP) is 1.10. The van der Waals surface area contributed by atoms with Gasteiger partial charge in [-0.15, -0.1) is 0 Å². The number of likely N-dealkylation sites (tertiary alicyclic amines) is 1. The first-order valence-electron chi connectivity index (χ1n) is 6.35. The average Bonchev–Trinajstić information content (AvgIpc) is 2.23. The summed E-state index contributed by atoms with van der Waals surface area (Å²) in [6.07, 6.45) is 3.87. The largest absolute Gasteiger partial charge is 0.381 e. The zero-order valence-electron chi connectivity index (χ0n) is 9.93. The SMILES string of the molecule is CCNCCCN1CC2(CCOCC2)C1. The van der Waals surface area contributed by atoms with Crippen LogP contribution in [0.25, 0.3) is 0 Å². The van der Waals surface area contributed by atoms with Crippen molar-refractivity contribution in [3.63, 3.8) is 0 Å². The number of hydrogen-bond acceptors (Lipinski definition) is 3. The van der Waals surface area contributed by atoms with Crippen molar-refractivity contribution < 1.29 is 4.74 Å². The first kappa shape index (κ1) is 11.4. The summed E-state index contributed by atoms with van der Waals surface area (Å²) < 4.78 is 5.42. The maximum Gasteiger partial charge on any atom is 0.0472 e. The van der Waals surface area contributed by atoms with Crippen LogP contribution in [0.1, 0.15) is 26.2 Å². The first-order chi connectivity index (χ1) is 7.35. The fraction of sp³-hybridized carbons (Fsp3) is 1.00. The van der Waals surface area contributed by atoms with Crippen molar-refractivity contribution in [2.24, 2.45) is 5.41 Å². The zero-order valence-corrected chi connectivity index (χ0v) is 9.93. The second kappa shape index (κ2) is 5.28. The van der Waals surface area contributed by atoms with Gasteiger partial charge in [0.25, 0.3) is 0 Å². The van der Waals surface area contributed by atoms with Crippen molar-refractivity contribution >= 4 is 0 Å². The van der Waals surface area contributed by atoms with E-state index in [0.717, 1.165) is 19.8 Å². The molecule has 2 rings (SSSR count). The number of nitrogens with one attached hydrogen (secondary N) is 1. The molecule has 0 aliphatic carbocycles. The summed E-state index contributed by atoms with van der Waals surface area (Å²) in [5.41, 5.74) is 0.649. The molecule has 0 bridgehead atoms. The Morgan fingerprint density at radius 1 is 1.27 bits per heavy atom. The summed E-state index contributed by atoms with van der Waals surface area (Å²) in [6, 6.07) is 0. The van der Waals surface area contributed by atoms with Gasteiger partial charge in [-0.25, -0.2) is 0 Å². The van der Waals surface area contributed by atoms with E-state index < -0.39 is 0 Å². The molecule has 0 aromatic carbocycles. The van der Waals surface area contributed by atoms with Gasteiger partial charge in [-0.2, -0.15) is 0 Å². The van der Waals surface area contributed by atoms with E-state index in [-0.39, 0.29) is 0 Å². The Balaban J connectivity index is 1.56. The van der Waals surface area contributed by atoms with E-state index in [0.29, 0.717) is 5.41 Å². The highest BCUT2D eigenvalue weighted by Gasteiger charge is 2.43. The van der Waals surface area contributed by atoms with Crippen LogP contribution >= 0.6 is 0 Å². The van der Waals surface area contributed by atoms with E-state index in [4.69, 9.17) is 4.74 Å². The van der Waals surface area contributed by atoms with Crippen LogP contribution in [0.5, 0.6) is 0 Å². The highest BCUT2D eigenvalue weighted by molar-refractivity contribution is 4.95. The van der Waals surface area contributed by atoms with Gasteiger partial charge in [0.2, 0.25) is 0 Å². The zero-order chi connectivity index (χ0) is 10.6. The third-order valence-electron chi connectivity index (χ3n) is 3.75. The standard InChI is InChI=1S/C12H24N2O/c1-2-13-6-3-7-14-10-12(11-14)4-8-15-9-5-12/h13H,2-11H2,1H3. The molecule has 2 fully saturated rings. The molecular formula is C12H24N2O. The maximum atomic E-state index is 5.42. The normalized spacial score (nSPS) is 25.4. The molecule has 1 N–H and O–H groups in total. The Morgan fingerprint density at radius 2 is 2.00 bits per heavy atom. The van der Waals surface area contributed by atoms with E-state index in [2.05, 4.69) is 17.1 Å². The molecule has 15 heavy (non-hydrogen) atoms. The molecule has 0 aromatic rings. The molecule has 2 aliphatic heterocycles. The van der Waals surface area contributed by atoms with Crippen LogP contribution in [0.15, 0.2) is 0 Å². The summed E-state index contributed by atoms with van der Waals surface area (Å²) in [7, 11) is 0. The van der Waals surface area contributed by atoms with Crippen LogP contribution in [-0.4, -0.2) is 50.8 Å². The van der Waals surface area contributed by atoms with Gasteiger partial charge in [0.1, 0.15) is 0 Å². The third-order valence-corrected chi connectivity index (χ3v) is 3.75. The second-order valence-corrected chi connectivity index (χ2v) is 5.03. The maximum absolute atomic E-state index is 5.42. The third kappa shape index (κ3) is 2.92. The molecular weight excluding hydrogens is 188 g/mol. The van der Waals surface area contributed by atoms with Crippen molar-refractivity contribution in [1.29, 1.82) is 0 Å². The van der Waals surface area contributed by atoms with Crippen LogP contribution in [0.4, 0.5) is 0 Å². The predicted molar refractivity (Wildman–Crippen MR) is 62.1 cm³/mol. The number of nitrogens with zero attached hydrogens (tertiary/aromatic N) is 1. The molecule has 1 spiro atoms. The highest BCUT2D eigenvalue weighted by atomic mass is 16.5. The molecule has 2 saturated heterocycles. The summed E-state index contributed by atoms with van der Waals surface area (Å²) in [6.45, 7) is 10.3. The van der Waals surface area contributed by atoms with Crippen LogP contribution in [-0.2, 0) is 4.74 Å². The van der Waals surface area contributed by atoms with Gasteiger partial charge in [-0.1, -0.05) is 6.92 Å². The van der Waals surface area contributed by atoms with E-state index in [1.807, 2.05) is 0 Å². The van der Waals surface area contributed by atoms with Crippen molar-refractivity contribution in [1.82, 2.24) is 10.2 Å². The average molecular weight is 212 g/mol. The fourth-order valence-electron chi connectivity index (χ4n) is 2.79. The molecule has 88 valence electrons. The molecule has 2 heterocycles. The van der Waals surface area contributed by atoms with Gasteiger partial charge in [-0.3, -0.25) is 0 Å². The quantitative estimate of drug-likeness (QED) is 0.691. The lowest BCUT2D eigenvalue weighted by molar-refractivity contribution is -0.0804. The Labute approximate surface area is 93.2 Å². The molecule has 2 aliphatic rings. The first-order valence-corrected chi connectivity index (χ1v) is 6.35. The molecule has 3 nitrogen and oxygen atoms in total. The molecule has 0 radical (unpaired) electrons. The van der Waals surface area contributed by atoms with Gasteiger partial charge >= 0.3 is 0 Å². The smallest absolute Gasteiger partial charge is 0.0472 e. The minimum absolute atomic E-state index is 0.649. The van der Waals surface area contributed by atoms with E-state index in [1.54, 1.807) is 0 Å². The number of rotatable bonds is 5. The molecule has 0 atom stereocenters. The minimum atomic E-state index is 0.649. The van der Waals surface area contributed by atoms with Gasteiger partial charge in [0.15, 0.2) is 0 Å². The molecule has 0 unspecified atom stereocenters. The van der Waals surface area contributed by atoms with Crippen molar-refractivity contribution in [3.8, 4) is 0 Å². The van der Waals surface area contributed by atoms with Crippen LogP contribution in [0, 0.1) is 5.41 Å². The van der Waals surface area contributed by atoms with E-state index in [9.17, 15) is 0 Å². The van der Waals surface area contributed by atoms with Gasteiger partial charge in [0, 0.05) is 31.7 Å². The van der Waals surface area contributed by atoms with Crippen LogP contribution in [0.2, 0.25) is 0 Å². The van der Waals surface area contributed by atoms with E-state index >= 15 is 0 Å². The Kier molecular flexibility index (Phi) is 4.00. The highest BCUT2D eigenvalue weighted by Crippen LogP contribution is 2.39. The molecule has 0 aromatic heterocycles. The van der Waals surface area contributed by atoms with Crippen molar-refractivity contribution in [2.75, 3.05) is 45.9 Å². The van der Waals surface area contributed by atoms with Crippen LogP contribution in [0.3, 0.4) is 0 Å². The summed E-state index contributed by atoms with van der Waals surface area (Å²) >= 11 is 0. The van der Waals surface area contributed by atoms with Crippen molar-refractivity contribution in [3.05, 3.63) is 0 Å². The summed E-state index contributed by atoms with van der Waals surface area (Å²) in [4.78, 5) is 2.60. The Hall–Kier alpha value is -0.120. The fourth-order valence-corrected chi connectivity index (χ4v) is 2.79. The minimum Gasteiger partial charge on any atom is -0.381 e. The van der Waals surface area contributed by atoms with E-state index in [1.165, 1.54) is 45.4 Å². The summed E-state index contributed by atoms with van der Waals surface area (Å²) in [5, 5.41) is 3.38. The lowest BCUT2D eigenvalue weighted by atomic mass is 9.73. The second-order valence-electron chi connectivity index (χ2n) is 5.03. The monoisotopic (exact) mass is 212 g/mol. The lowest BCUT2D eigenvalue weighted by Crippen LogP contribution is -2.58. The Bertz CT molecular complexity index is 182. The van der Waals surface area contributed by atoms with Gasteiger partial charge in [-0.05, 0) is 38.9 Å². The number of hydrogen-bond donors (Lipinski definition) is 1. The lowest BCUT2D eigenvalue weighted by Gasteiger charge is -2.52. The van der Waals surface area contributed by atoms with Gasteiger partial charge < -0.3 is 15.0 Å².